The Labute approximate surface area is 148 Å². The summed E-state index contributed by atoms with van der Waals surface area (Å²) in [5, 5.41) is 3.51. The van der Waals surface area contributed by atoms with Crippen molar-refractivity contribution in [3.05, 3.63) is 58.6 Å². The molecule has 0 bridgehead atoms. The van der Waals surface area contributed by atoms with Crippen molar-refractivity contribution in [3.63, 3.8) is 0 Å². The second-order valence-electron chi connectivity index (χ2n) is 5.10. The van der Waals surface area contributed by atoms with Crippen LogP contribution >= 0.6 is 35.1 Å². The third-order valence-electron chi connectivity index (χ3n) is 3.34. The van der Waals surface area contributed by atoms with Crippen LogP contribution in [0.1, 0.15) is 11.1 Å². The molecule has 0 saturated carbocycles. The van der Waals surface area contributed by atoms with Crippen LogP contribution in [0.3, 0.4) is 0 Å². The average molecular weight is 363 g/mol. The van der Waals surface area contributed by atoms with Gasteiger partial charge in [0.05, 0.1) is 11.4 Å². The zero-order chi connectivity index (χ0) is 16.2. The second kappa shape index (κ2) is 7.43. The number of hydrogen-bond donors (Lipinski definition) is 1. The van der Waals surface area contributed by atoms with E-state index in [2.05, 4.69) is 16.4 Å². The maximum atomic E-state index is 12.1. The zero-order valence-electron chi connectivity index (χ0n) is 12.5. The highest BCUT2D eigenvalue weighted by atomic mass is 35.5. The molecule has 0 unspecified atom stereocenters. The van der Waals surface area contributed by atoms with E-state index in [1.54, 1.807) is 17.8 Å². The number of fused-ring (bicyclic) bond motifs is 1. The quantitative estimate of drug-likeness (QED) is 0.810. The van der Waals surface area contributed by atoms with Crippen LogP contribution < -0.4 is 5.32 Å². The van der Waals surface area contributed by atoms with E-state index in [1.807, 2.05) is 37.3 Å². The third-order valence-corrected chi connectivity index (χ3v) is 5.99. The number of para-hydroxylation sites is 1. The van der Waals surface area contributed by atoms with E-state index >= 15 is 0 Å². The third kappa shape index (κ3) is 4.31. The molecule has 0 radical (unpaired) electrons. The van der Waals surface area contributed by atoms with Gasteiger partial charge in [0, 0.05) is 16.5 Å². The molecule has 23 heavy (non-hydrogen) atoms. The first kappa shape index (κ1) is 16.4. The number of aryl methyl sites for hydroxylation is 1. The van der Waals surface area contributed by atoms with E-state index in [0.29, 0.717) is 10.8 Å². The molecule has 1 N–H and O–H groups in total. The molecular formula is C17H15ClN2OS2. The van der Waals surface area contributed by atoms with Crippen molar-refractivity contribution < 1.29 is 4.79 Å². The Kier molecular flexibility index (Phi) is 5.30. The summed E-state index contributed by atoms with van der Waals surface area (Å²) in [5.74, 6) is 1.17. The predicted octanol–water partition coefficient (Wildman–Crippen LogP) is 5.25. The Bertz CT molecular complexity index is 777. The number of anilines is 1. The van der Waals surface area contributed by atoms with Crippen LogP contribution in [0.2, 0.25) is 5.02 Å². The van der Waals surface area contributed by atoms with Gasteiger partial charge in [-0.2, -0.15) is 0 Å². The number of carbonyl (C=O) groups is 1. The lowest BCUT2D eigenvalue weighted by atomic mass is 10.2. The van der Waals surface area contributed by atoms with Gasteiger partial charge in [0.2, 0.25) is 5.91 Å². The topological polar surface area (TPSA) is 41.5 Å². The first-order chi connectivity index (χ1) is 11.1. The number of benzene rings is 2. The summed E-state index contributed by atoms with van der Waals surface area (Å²) in [7, 11) is 0. The van der Waals surface area contributed by atoms with Gasteiger partial charge in [0.15, 0.2) is 0 Å². The van der Waals surface area contributed by atoms with E-state index < -0.39 is 0 Å². The van der Waals surface area contributed by atoms with Gasteiger partial charge in [-0.05, 0) is 36.2 Å². The Morgan fingerprint density at radius 2 is 2.17 bits per heavy atom. The Balaban J connectivity index is 1.57. The number of thioether (sulfide) groups is 2. The van der Waals surface area contributed by atoms with E-state index in [0.717, 1.165) is 27.1 Å². The fraction of sp³-hybridized carbons (Fsp3) is 0.176. The van der Waals surface area contributed by atoms with Gasteiger partial charge in [-0.25, -0.2) is 4.99 Å². The monoisotopic (exact) mass is 362 g/mol. The summed E-state index contributed by atoms with van der Waals surface area (Å²) in [5.41, 5.74) is 3.94. The zero-order valence-corrected chi connectivity index (χ0v) is 14.9. The first-order valence-electron chi connectivity index (χ1n) is 7.10. The van der Waals surface area contributed by atoms with E-state index in [1.165, 1.54) is 17.3 Å². The van der Waals surface area contributed by atoms with Crippen molar-refractivity contribution in [1.29, 1.82) is 0 Å². The van der Waals surface area contributed by atoms with Crippen molar-refractivity contribution in [1.82, 2.24) is 0 Å². The number of aliphatic imine (C=N–C) groups is 1. The van der Waals surface area contributed by atoms with Crippen LogP contribution in [-0.2, 0) is 10.5 Å². The highest BCUT2D eigenvalue weighted by Crippen LogP contribution is 2.34. The molecule has 2 aromatic carbocycles. The van der Waals surface area contributed by atoms with Gasteiger partial charge in [-0.3, -0.25) is 4.79 Å². The van der Waals surface area contributed by atoms with E-state index in [-0.39, 0.29) is 5.91 Å². The average Bonchev–Trinajstić information content (AvgIpc) is 2.56. The number of amides is 1. The molecule has 0 fully saturated rings. The highest BCUT2D eigenvalue weighted by molar-refractivity contribution is 8.38. The molecule has 3 rings (SSSR count). The number of hydrogen-bond acceptors (Lipinski definition) is 4. The molecule has 1 amide bonds. The van der Waals surface area contributed by atoms with Crippen molar-refractivity contribution in [2.24, 2.45) is 4.99 Å². The minimum absolute atomic E-state index is 0.0583. The minimum Gasteiger partial charge on any atom is -0.325 e. The molecule has 1 heterocycles. The molecule has 0 aromatic heterocycles. The summed E-state index contributed by atoms with van der Waals surface area (Å²) >= 11 is 9.20. The van der Waals surface area contributed by atoms with Gasteiger partial charge in [0.25, 0.3) is 0 Å². The van der Waals surface area contributed by atoms with Crippen molar-refractivity contribution in [3.8, 4) is 0 Å². The van der Waals surface area contributed by atoms with Crippen molar-refractivity contribution >= 4 is 56.8 Å². The molecule has 2 aromatic rings. The minimum atomic E-state index is -0.0583. The molecule has 6 heteroatoms. The smallest absolute Gasteiger partial charge is 0.234 e. The highest BCUT2D eigenvalue weighted by Gasteiger charge is 2.14. The number of rotatable bonds is 3. The van der Waals surface area contributed by atoms with Crippen molar-refractivity contribution in [2.45, 2.75) is 12.7 Å². The Hall–Kier alpha value is -1.43. The number of carbonyl (C=O) groups excluding carboxylic acids is 1. The summed E-state index contributed by atoms with van der Waals surface area (Å²) in [4.78, 5) is 16.6. The van der Waals surface area contributed by atoms with E-state index in [4.69, 9.17) is 11.6 Å². The fourth-order valence-corrected chi connectivity index (χ4v) is 4.12. The fourth-order valence-electron chi connectivity index (χ4n) is 2.08. The lowest BCUT2D eigenvalue weighted by molar-refractivity contribution is -0.113. The molecular weight excluding hydrogens is 348 g/mol. The van der Waals surface area contributed by atoms with Gasteiger partial charge < -0.3 is 5.32 Å². The molecule has 0 spiro atoms. The molecule has 0 atom stereocenters. The normalized spacial score (nSPS) is 13.2. The molecule has 1 aliphatic heterocycles. The molecule has 0 aliphatic carbocycles. The molecule has 1 aliphatic rings. The summed E-state index contributed by atoms with van der Waals surface area (Å²) in [6.07, 6.45) is 0. The van der Waals surface area contributed by atoms with Crippen LogP contribution in [0.25, 0.3) is 0 Å². The predicted molar refractivity (Wildman–Crippen MR) is 102 cm³/mol. The second-order valence-corrected chi connectivity index (χ2v) is 7.69. The molecule has 118 valence electrons. The van der Waals surface area contributed by atoms with Gasteiger partial charge in [-0.15, -0.1) is 0 Å². The van der Waals surface area contributed by atoms with Crippen LogP contribution in [0.5, 0.6) is 0 Å². The van der Waals surface area contributed by atoms with Crippen LogP contribution in [0, 0.1) is 6.92 Å². The number of nitrogens with zero attached hydrogens (tertiary/aromatic N) is 1. The Morgan fingerprint density at radius 1 is 1.35 bits per heavy atom. The maximum Gasteiger partial charge on any atom is 0.234 e. The van der Waals surface area contributed by atoms with Gasteiger partial charge >= 0.3 is 0 Å². The van der Waals surface area contributed by atoms with Crippen LogP contribution in [-0.4, -0.2) is 16.0 Å². The standard InChI is InChI=1S/C17H15ClN2OS2/c1-11-6-7-13(8-14(11)18)19-16(21)10-23-17-20-15-5-3-2-4-12(15)9-22-17/h2-8H,9-10H2,1H3,(H,19,21). The molecule has 0 saturated heterocycles. The number of halogens is 1. The SMILES string of the molecule is Cc1ccc(NC(=O)CSC2=Nc3ccccc3CS2)cc1Cl. The summed E-state index contributed by atoms with van der Waals surface area (Å²) in [6, 6.07) is 13.6. The Morgan fingerprint density at radius 3 is 3.00 bits per heavy atom. The van der Waals surface area contributed by atoms with E-state index in [9.17, 15) is 4.79 Å². The number of nitrogens with one attached hydrogen (secondary N) is 1. The van der Waals surface area contributed by atoms with Crippen LogP contribution in [0.4, 0.5) is 11.4 Å². The molecule has 3 nitrogen and oxygen atoms in total. The largest absolute Gasteiger partial charge is 0.325 e. The van der Waals surface area contributed by atoms with Gasteiger partial charge in [-0.1, -0.05) is 59.4 Å². The van der Waals surface area contributed by atoms with Gasteiger partial charge in [0.1, 0.15) is 4.38 Å². The first-order valence-corrected chi connectivity index (χ1v) is 9.45. The van der Waals surface area contributed by atoms with Crippen molar-refractivity contribution in [2.75, 3.05) is 11.1 Å². The maximum absolute atomic E-state index is 12.1. The lowest BCUT2D eigenvalue weighted by Gasteiger charge is -2.14. The summed E-state index contributed by atoms with van der Waals surface area (Å²) in [6.45, 7) is 1.93. The summed E-state index contributed by atoms with van der Waals surface area (Å²) < 4.78 is 0.931. The lowest BCUT2D eigenvalue weighted by Crippen LogP contribution is -2.15. The van der Waals surface area contributed by atoms with Crippen LogP contribution in [0.15, 0.2) is 47.5 Å².